The van der Waals surface area contributed by atoms with Crippen LogP contribution in [0.4, 0.5) is 5.69 Å². The first-order valence-corrected chi connectivity index (χ1v) is 8.52. The van der Waals surface area contributed by atoms with E-state index in [1.54, 1.807) is 24.3 Å². The van der Waals surface area contributed by atoms with Crippen molar-refractivity contribution in [3.63, 3.8) is 0 Å². The van der Waals surface area contributed by atoms with Crippen LogP contribution in [0.3, 0.4) is 0 Å². The lowest BCUT2D eigenvalue weighted by molar-refractivity contribution is -0.144. The Morgan fingerprint density at radius 1 is 1.12 bits per heavy atom. The van der Waals surface area contributed by atoms with Crippen LogP contribution in [-0.2, 0) is 14.3 Å². The van der Waals surface area contributed by atoms with E-state index in [-0.39, 0.29) is 23.9 Å². The summed E-state index contributed by atoms with van der Waals surface area (Å²) in [6, 6.07) is 6.82. The largest absolute Gasteiger partial charge is 0.466 e. The van der Waals surface area contributed by atoms with Gasteiger partial charge in [0.25, 0.3) is 5.91 Å². The summed E-state index contributed by atoms with van der Waals surface area (Å²) in [5.41, 5.74) is 0.908. The molecule has 136 valence electrons. The Labute approximate surface area is 152 Å². The highest BCUT2D eigenvalue weighted by molar-refractivity contribution is 7.80. The van der Waals surface area contributed by atoms with Gasteiger partial charge in [-0.3, -0.25) is 14.4 Å². The minimum atomic E-state index is -0.419. The van der Waals surface area contributed by atoms with Gasteiger partial charge in [0.1, 0.15) is 0 Å². The Bertz CT molecular complexity index is 634. The zero-order valence-corrected chi connectivity index (χ0v) is 15.2. The van der Waals surface area contributed by atoms with E-state index in [4.69, 9.17) is 17.0 Å². The molecule has 0 bridgehead atoms. The molecular formula is C17H23N3O4S. The third-order valence-electron chi connectivity index (χ3n) is 3.03. The fraction of sp³-hybridized carbons (Fsp3) is 0.412. The number of benzene rings is 1. The summed E-state index contributed by atoms with van der Waals surface area (Å²) in [7, 11) is 0. The van der Waals surface area contributed by atoms with Gasteiger partial charge in [-0.1, -0.05) is 19.1 Å². The van der Waals surface area contributed by atoms with Crippen molar-refractivity contribution in [3.05, 3.63) is 29.8 Å². The van der Waals surface area contributed by atoms with Crippen LogP contribution in [0.25, 0.3) is 0 Å². The molecule has 0 aliphatic heterocycles. The molecule has 0 aromatic heterocycles. The number of thiocarbonyl (C=S) groups is 1. The van der Waals surface area contributed by atoms with Crippen molar-refractivity contribution >= 4 is 40.8 Å². The van der Waals surface area contributed by atoms with E-state index in [1.807, 2.05) is 13.8 Å². The number of hydrogen-bond acceptors (Lipinski definition) is 5. The number of esters is 1. The van der Waals surface area contributed by atoms with Crippen LogP contribution < -0.4 is 16.0 Å². The Morgan fingerprint density at radius 2 is 1.84 bits per heavy atom. The number of rotatable bonds is 8. The molecule has 7 nitrogen and oxygen atoms in total. The molecule has 2 amide bonds. The Kier molecular flexibility index (Phi) is 9.16. The number of anilines is 1. The lowest BCUT2D eigenvalue weighted by Crippen LogP contribution is -2.35. The molecule has 0 atom stereocenters. The minimum Gasteiger partial charge on any atom is -0.466 e. The van der Waals surface area contributed by atoms with Gasteiger partial charge in [-0.2, -0.15) is 0 Å². The van der Waals surface area contributed by atoms with Gasteiger partial charge in [0.05, 0.1) is 24.3 Å². The summed E-state index contributed by atoms with van der Waals surface area (Å²) in [6.07, 6.45) is 0.698. The number of nitrogens with one attached hydrogen (secondary N) is 3. The molecule has 0 spiro atoms. The Morgan fingerprint density at radius 3 is 2.52 bits per heavy atom. The molecule has 0 radical (unpaired) electrons. The lowest BCUT2D eigenvalue weighted by Gasteiger charge is -2.13. The second kappa shape index (κ2) is 11.1. The van der Waals surface area contributed by atoms with Crippen molar-refractivity contribution < 1.29 is 19.1 Å². The van der Waals surface area contributed by atoms with E-state index in [0.717, 1.165) is 6.42 Å². The highest BCUT2D eigenvalue weighted by Crippen LogP contribution is 2.14. The maximum Gasteiger partial charge on any atom is 0.306 e. The quantitative estimate of drug-likeness (QED) is 0.481. The Balaban J connectivity index is 2.53. The first-order chi connectivity index (χ1) is 12.0. The number of carbonyl (C=O) groups is 3. The van der Waals surface area contributed by atoms with Crippen LogP contribution >= 0.6 is 12.2 Å². The number of ether oxygens (including phenoxy) is 1. The van der Waals surface area contributed by atoms with Crippen LogP contribution in [0.5, 0.6) is 0 Å². The average Bonchev–Trinajstić information content (AvgIpc) is 2.58. The number of para-hydroxylation sites is 1. The van der Waals surface area contributed by atoms with E-state index in [2.05, 4.69) is 16.0 Å². The van der Waals surface area contributed by atoms with Gasteiger partial charge < -0.3 is 20.7 Å². The van der Waals surface area contributed by atoms with Gasteiger partial charge >= 0.3 is 5.97 Å². The average molecular weight is 365 g/mol. The second-order valence-electron chi connectivity index (χ2n) is 5.13. The molecule has 8 heteroatoms. The zero-order valence-electron chi connectivity index (χ0n) is 14.4. The second-order valence-corrected chi connectivity index (χ2v) is 5.54. The summed E-state index contributed by atoms with van der Waals surface area (Å²) < 4.78 is 4.90. The molecular weight excluding hydrogens is 342 g/mol. The van der Waals surface area contributed by atoms with E-state index < -0.39 is 11.9 Å². The number of hydrogen-bond donors (Lipinski definition) is 3. The maximum atomic E-state index is 12.0. The standard InChI is InChI=1S/C17H23N3O4S/c1-3-11-24-15(22)10-9-14(21)20-17(25)19-13-8-6-5-7-12(13)16(23)18-4-2/h5-8H,3-4,9-11H2,1-2H3,(H,18,23)(H2,19,20,21,25). The van der Waals surface area contributed by atoms with Crippen LogP contribution in [0.15, 0.2) is 24.3 Å². The predicted molar refractivity (Wildman–Crippen MR) is 99.3 cm³/mol. The fourth-order valence-corrected chi connectivity index (χ4v) is 2.12. The van der Waals surface area contributed by atoms with Crippen molar-refractivity contribution in [1.82, 2.24) is 10.6 Å². The first kappa shape index (κ1) is 20.6. The van der Waals surface area contributed by atoms with E-state index >= 15 is 0 Å². The molecule has 1 aromatic carbocycles. The van der Waals surface area contributed by atoms with Gasteiger partial charge in [0.2, 0.25) is 5.91 Å². The summed E-state index contributed by atoms with van der Waals surface area (Å²) in [4.78, 5) is 35.2. The number of carbonyl (C=O) groups excluding carboxylic acids is 3. The molecule has 0 fully saturated rings. The van der Waals surface area contributed by atoms with Gasteiger partial charge in [-0.15, -0.1) is 0 Å². The van der Waals surface area contributed by atoms with Gasteiger partial charge in [0.15, 0.2) is 5.11 Å². The molecule has 0 aliphatic carbocycles. The highest BCUT2D eigenvalue weighted by Gasteiger charge is 2.13. The van der Waals surface area contributed by atoms with Crippen molar-refractivity contribution in [3.8, 4) is 0 Å². The summed E-state index contributed by atoms with van der Waals surface area (Å²) >= 11 is 5.08. The molecule has 25 heavy (non-hydrogen) atoms. The van der Waals surface area contributed by atoms with Crippen LogP contribution in [-0.4, -0.2) is 36.0 Å². The maximum absolute atomic E-state index is 12.0. The molecule has 0 unspecified atom stereocenters. The van der Waals surface area contributed by atoms with Gasteiger partial charge in [0, 0.05) is 13.0 Å². The lowest BCUT2D eigenvalue weighted by atomic mass is 10.1. The molecule has 0 saturated carbocycles. The monoisotopic (exact) mass is 365 g/mol. The van der Waals surface area contributed by atoms with Crippen LogP contribution in [0.1, 0.15) is 43.5 Å². The molecule has 0 aliphatic rings. The van der Waals surface area contributed by atoms with E-state index in [9.17, 15) is 14.4 Å². The zero-order chi connectivity index (χ0) is 18.7. The minimum absolute atomic E-state index is 0.00998. The molecule has 3 N–H and O–H groups in total. The molecule has 1 rings (SSSR count). The van der Waals surface area contributed by atoms with Gasteiger partial charge in [-0.25, -0.2) is 0 Å². The third kappa shape index (κ3) is 7.75. The first-order valence-electron chi connectivity index (χ1n) is 8.11. The summed E-state index contributed by atoms with van der Waals surface area (Å²) in [6.45, 7) is 4.56. The SMILES string of the molecule is CCCOC(=O)CCC(=O)NC(=S)Nc1ccccc1C(=O)NCC. The van der Waals surface area contributed by atoms with E-state index in [1.165, 1.54) is 0 Å². The van der Waals surface area contributed by atoms with E-state index in [0.29, 0.717) is 24.4 Å². The normalized spacial score (nSPS) is 9.84. The van der Waals surface area contributed by atoms with Crippen LogP contribution in [0, 0.1) is 0 Å². The smallest absolute Gasteiger partial charge is 0.306 e. The van der Waals surface area contributed by atoms with Crippen molar-refractivity contribution in [2.45, 2.75) is 33.1 Å². The van der Waals surface area contributed by atoms with Crippen LogP contribution in [0.2, 0.25) is 0 Å². The van der Waals surface area contributed by atoms with Gasteiger partial charge in [-0.05, 0) is 37.7 Å². The Hall–Kier alpha value is -2.48. The van der Waals surface area contributed by atoms with Crippen molar-refractivity contribution in [1.29, 1.82) is 0 Å². The van der Waals surface area contributed by atoms with Crippen molar-refractivity contribution in [2.75, 3.05) is 18.5 Å². The molecule has 0 saturated heterocycles. The molecule has 0 heterocycles. The summed E-state index contributed by atoms with van der Waals surface area (Å²) in [5.74, 6) is -1.06. The van der Waals surface area contributed by atoms with Crippen molar-refractivity contribution in [2.24, 2.45) is 0 Å². The third-order valence-corrected chi connectivity index (χ3v) is 3.24. The topological polar surface area (TPSA) is 96.5 Å². The highest BCUT2D eigenvalue weighted by atomic mass is 32.1. The number of amides is 2. The molecule has 1 aromatic rings. The predicted octanol–water partition coefficient (Wildman–Crippen LogP) is 1.98. The fourth-order valence-electron chi connectivity index (χ4n) is 1.89. The summed E-state index contributed by atoms with van der Waals surface area (Å²) in [5, 5.41) is 8.07.